The summed E-state index contributed by atoms with van der Waals surface area (Å²) in [5.41, 5.74) is 5.60. The molecule has 4 N–H and O–H groups in total. The van der Waals surface area contributed by atoms with Gasteiger partial charge in [0.15, 0.2) is 17.7 Å². The van der Waals surface area contributed by atoms with E-state index in [1.165, 1.54) is 7.11 Å². The van der Waals surface area contributed by atoms with Gasteiger partial charge in [0.2, 0.25) is 0 Å². The van der Waals surface area contributed by atoms with E-state index in [9.17, 15) is 14.7 Å². The van der Waals surface area contributed by atoms with Gasteiger partial charge in [-0.15, -0.1) is 0 Å². The smallest absolute Gasteiger partial charge is 0.337 e. The van der Waals surface area contributed by atoms with Crippen molar-refractivity contribution < 1.29 is 33.6 Å². The Morgan fingerprint density at radius 1 is 1.09 bits per heavy atom. The summed E-state index contributed by atoms with van der Waals surface area (Å²) in [4.78, 5) is 24.6. The summed E-state index contributed by atoms with van der Waals surface area (Å²) in [7, 11) is 1.28. The number of allylic oxidation sites excluding steroid dienone is 1. The molecule has 2 atom stereocenters. The molecule has 11 nitrogen and oxygen atoms in total. The summed E-state index contributed by atoms with van der Waals surface area (Å²) in [6.07, 6.45) is 0.381. The maximum Gasteiger partial charge on any atom is 0.337 e. The Labute approximate surface area is 271 Å². The van der Waals surface area contributed by atoms with Crippen LogP contribution < -0.4 is 30.3 Å². The van der Waals surface area contributed by atoms with Crippen LogP contribution in [0.1, 0.15) is 36.6 Å². The topological polar surface area (TPSA) is 140 Å². The number of hydrogen-bond acceptors (Lipinski definition) is 9. The predicted molar refractivity (Wildman–Crippen MR) is 172 cm³/mol. The van der Waals surface area contributed by atoms with Crippen LogP contribution in [0.15, 0.2) is 86.0 Å². The molecule has 1 heterocycles. The number of nitrogens with one attached hydrogen (secondary N) is 3. The first-order chi connectivity index (χ1) is 21.2. The fourth-order valence-corrected chi connectivity index (χ4v) is 5.75. The third-order valence-corrected chi connectivity index (χ3v) is 7.41. The minimum atomic E-state index is -1.16. The zero-order chi connectivity index (χ0) is 31.6. The summed E-state index contributed by atoms with van der Waals surface area (Å²) in [6, 6.07) is 17.3. The minimum absolute atomic E-state index is 0.160. The fourth-order valence-electron chi connectivity index (χ4n) is 4.37. The van der Waals surface area contributed by atoms with Crippen molar-refractivity contribution in [2.75, 3.05) is 20.3 Å². The second-order valence-electron chi connectivity index (χ2n) is 9.50. The Morgan fingerprint density at radius 3 is 2.59 bits per heavy atom. The molecule has 0 aliphatic carbocycles. The van der Waals surface area contributed by atoms with Crippen molar-refractivity contribution in [1.29, 1.82) is 0 Å². The van der Waals surface area contributed by atoms with Crippen LogP contribution in [0.25, 0.3) is 0 Å². The zero-order valence-electron chi connectivity index (χ0n) is 24.2. The highest BCUT2D eigenvalue weighted by Crippen LogP contribution is 2.35. The first kappa shape index (κ1) is 32.8. The average molecular weight is 732 g/mol. The van der Waals surface area contributed by atoms with E-state index in [1.54, 1.807) is 31.3 Å². The molecular formula is C31H32Br2N4O7. The van der Waals surface area contributed by atoms with Crippen LogP contribution in [0.3, 0.4) is 0 Å². The van der Waals surface area contributed by atoms with Crippen LogP contribution in [-0.4, -0.2) is 49.9 Å². The standard InChI is InChI=1S/C31H32Br2N4O7/c1-4-42-25-13-20(28-27(30(39)41-3)18(2)35-31(40)36-28)10-11-24(25)43-17-26(38)37-34-15-21-12-22(32)14-23(33)29(21)44-16-19-8-6-5-7-9-19/h5-15,26,28,37-38H,4,16-17H2,1-3H3,(H2,35,36,40)/b34-15+/t26-,28-/m1/s1. The number of esters is 1. The first-order valence-electron chi connectivity index (χ1n) is 13.6. The van der Waals surface area contributed by atoms with Crippen LogP contribution >= 0.6 is 31.9 Å². The van der Waals surface area contributed by atoms with Gasteiger partial charge >= 0.3 is 12.0 Å². The molecule has 0 radical (unpaired) electrons. The lowest BCUT2D eigenvalue weighted by molar-refractivity contribution is -0.136. The van der Waals surface area contributed by atoms with E-state index in [4.69, 9.17) is 18.9 Å². The van der Waals surface area contributed by atoms with Gasteiger partial charge in [-0.2, -0.15) is 5.10 Å². The molecule has 0 bridgehead atoms. The maximum atomic E-state index is 12.5. The number of carbonyl (C=O) groups is 2. The van der Waals surface area contributed by atoms with E-state index in [2.05, 4.69) is 53.0 Å². The highest BCUT2D eigenvalue weighted by molar-refractivity contribution is 9.11. The number of urea groups is 1. The number of aliphatic hydroxyl groups excluding tert-OH is 1. The number of nitrogens with zero attached hydrogens (tertiary/aromatic N) is 1. The summed E-state index contributed by atoms with van der Waals surface area (Å²) in [5.74, 6) is 0.751. The number of benzene rings is 3. The Morgan fingerprint density at radius 2 is 1.86 bits per heavy atom. The number of halogens is 2. The van der Waals surface area contributed by atoms with Gasteiger partial charge in [0.1, 0.15) is 19.0 Å². The molecule has 0 saturated carbocycles. The summed E-state index contributed by atoms with van der Waals surface area (Å²) in [5, 5.41) is 20.0. The lowest BCUT2D eigenvalue weighted by Gasteiger charge is -2.28. The average Bonchev–Trinajstić information content (AvgIpc) is 3.00. The molecule has 3 aromatic rings. The fraction of sp³-hybridized carbons (Fsp3) is 0.258. The minimum Gasteiger partial charge on any atom is -0.490 e. The van der Waals surface area contributed by atoms with Crippen molar-refractivity contribution in [1.82, 2.24) is 16.1 Å². The first-order valence-corrected chi connectivity index (χ1v) is 15.2. The number of ether oxygens (including phenoxy) is 4. The molecule has 44 heavy (non-hydrogen) atoms. The molecule has 0 aromatic heterocycles. The van der Waals surface area contributed by atoms with Crippen molar-refractivity contribution in [3.8, 4) is 17.2 Å². The molecule has 2 amide bonds. The molecule has 1 aliphatic heterocycles. The Hall–Kier alpha value is -4.07. The van der Waals surface area contributed by atoms with Crippen molar-refractivity contribution in [2.45, 2.75) is 32.7 Å². The van der Waals surface area contributed by atoms with Crippen LogP contribution in [0.5, 0.6) is 17.2 Å². The molecule has 0 saturated heterocycles. The van der Waals surface area contributed by atoms with Gasteiger partial charge in [-0.3, -0.25) is 5.43 Å². The summed E-state index contributed by atoms with van der Waals surface area (Å²) < 4.78 is 24.1. The van der Waals surface area contributed by atoms with Gasteiger partial charge < -0.3 is 34.7 Å². The molecule has 0 fully saturated rings. The quantitative estimate of drug-likeness (QED) is 0.0803. The second kappa shape index (κ2) is 15.6. The zero-order valence-corrected chi connectivity index (χ0v) is 27.4. The van der Waals surface area contributed by atoms with E-state index in [0.29, 0.717) is 47.3 Å². The van der Waals surface area contributed by atoms with Crippen molar-refractivity contribution in [2.24, 2.45) is 5.10 Å². The summed E-state index contributed by atoms with van der Waals surface area (Å²) in [6.45, 7) is 3.99. The van der Waals surface area contributed by atoms with Crippen molar-refractivity contribution >= 4 is 50.1 Å². The van der Waals surface area contributed by atoms with Crippen molar-refractivity contribution in [3.63, 3.8) is 0 Å². The van der Waals surface area contributed by atoms with Crippen LogP contribution in [-0.2, 0) is 16.1 Å². The normalized spacial score (nSPS) is 15.3. The van der Waals surface area contributed by atoms with Crippen LogP contribution in [0.2, 0.25) is 0 Å². The maximum absolute atomic E-state index is 12.5. The van der Waals surface area contributed by atoms with E-state index in [0.717, 1.165) is 14.5 Å². The second-order valence-corrected chi connectivity index (χ2v) is 11.3. The third-order valence-electron chi connectivity index (χ3n) is 6.36. The number of rotatable bonds is 13. The van der Waals surface area contributed by atoms with Gasteiger partial charge in [-0.25, -0.2) is 9.59 Å². The number of methoxy groups -OCH3 is 1. The van der Waals surface area contributed by atoms with E-state index < -0.39 is 24.3 Å². The van der Waals surface area contributed by atoms with Gasteiger partial charge in [-0.05, 0) is 65.2 Å². The van der Waals surface area contributed by atoms with Crippen LogP contribution in [0, 0.1) is 0 Å². The number of carbonyl (C=O) groups excluding carboxylic acids is 2. The lowest BCUT2D eigenvalue weighted by Crippen LogP contribution is -2.45. The van der Waals surface area contributed by atoms with Gasteiger partial charge in [0, 0.05) is 15.7 Å². The lowest BCUT2D eigenvalue weighted by atomic mass is 9.95. The molecule has 0 unspecified atom stereocenters. The largest absolute Gasteiger partial charge is 0.490 e. The number of aliphatic hydroxyl groups is 1. The van der Waals surface area contributed by atoms with E-state index in [1.807, 2.05) is 49.4 Å². The van der Waals surface area contributed by atoms with Crippen molar-refractivity contribution in [3.05, 3.63) is 97.6 Å². The monoisotopic (exact) mass is 730 g/mol. The molecule has 4 rings (SSSR count). The SMILES string of the molecule is CCOc1cc([C@H]2NC(=O)NC(C)=C2C(=O)OC)ccc1OC[C@@H](O)N/N=C/c1cc(Br)cc(Br)c1OCc1ccccc1. The molecule has 232 valence electrons. The molecule has 0 spiro atoms. The molecule has 1 aliphatic rings. The van der Waals surface area contributed by atoms with Gasteiger partial charge in [-0.1, -0.05) is 52.3 Å². The third kappa shape index (κ3) is 8.52. The predicted octanol–water partition coefficient (Wildman–Crippen LogP) is 5.31. The van der Waals surface area contributed by atoms with Gasteiger partial charge in [0.05, 0.1) is 36.0 Å². The Kier molecular flexibility index (Phi) is 11.6. The summed E-state index contributed by atoms with van der Waals surface area (Å²) >= 11 is 7.03. The molecule has 3 aromatic carbocycles. The van der Waals surface area contributed by atoms with Crippen LogP contribution in [0.4, 0.5) is 4.79 Å². The number of amides is 2. The number of hydrogen-bond donors (Lipinski definition) is 4. The highest BCUT2D eigenvalue weighted by atomic mass is 79.9. The Bertz CT molecular complexity index is 1550. The number of hydrazone groups is 1. The molecular weight excluding hydrogens is 700 g/mol. The van der Waals surface area contributed by atoms with E-state index >= 15 is 0 Å². The Balaban J connectivity index is 1.42. The molecule has 13 heteroatoms. The highest BCUT2D eigenvalue weighted by Gasteiger charge is 2.32. The van der Waals surface area contributed by atoms with Gasteiger partial charge in [0.25, 0.3) is 0 Å². The van der Waals surface area contributed by atoms with E-state index in [-0.39, 0.29) is 12.2 Å².